The molecule has 6 heteroatoms. The summed E-state index contributed by atoms with van der Waals surface area (Å²) in [5.74, 6) is -0.673. The maximum absolute atomic E-state index is 13.7. The van der Waals surface area contributed by atoms with E-state index in [4.69, 9.17) is 0 Å². The zero-order valence-corrected chi connectivity index (χ0v) is 14.9. The normalized spacial score (nSPS) is 16.4. The molecule has 2 aromatic rings. The lowest BCUT2D eigenvalue weighted by Crippen LogP contribution is -2.45. The minimum Gasteiger partial charge on any atom is -0.324 e. The summed E-state index contributed by atoms with van der Waals surface area (Å²) in [6, 6.07) is 11.2. The Morgan fingerprint density at radius 1 is 1.04 bits per heavy atom. The van der Waals surface area contributed by atoms with Crippen molar-refractivity contribution in [3.05, 3.63) is 59.4 Å². The molecule has 1 heterocycles. The standard InChI is InChI=1S/C20H22FN3O2/c1-13-5-8-15(9-6-13)23-20(26)24-11-3-4-18(24)19(25)22-16-10-7-14(2)17(21)12-16/h5-10,12,18H,3-4,11H2,1-2H3,(H,22,25)(H,23,26). The van der Waals surface area contributed by atoms with Gasteiger partial charge in [-0.2, -0.15) is 0 Å². The quantitative estimate of drug-likeness (QED) is 0.871. The lowest BCUT2D eigenvalue weighted by atomic mass is 10.2. The number of likely N-dealkylation sites (tertiary alicyclic amines) is 1. The van der Waals surface area contributed by atoms with Crippen molar-refractivity contribution in [2.24, 2.45) is 0 Å². The first kappa shape index (κ1) is 17.9. The number of rotatable bonds is 3. The van der Waals surface area contributed by atoms with Gasteiger partial charge in [-0.3, -0.25) is 4.79 Å². The average molecular weight is 355 g/mol. The molecule has 0 radical (unpaired) electrons. The van der Waals surface area contributed by atoms with E-state index in [0.717, 1.165) is 12.0 Å². The van der Waals surface area contributed by atoms with Gasteiger partial charge < -0.3 is 15.5 Å². The van der Waals surface area contributed by atoms with Crippen molar-refractivity contribution >= 4 is 23.3 Å². The van der Waals surface area contributed by atoms with Crippen molar-refractivity contribution in [3.8, 4) is 0 Å². The molecular weight excluding hydrogens is 333 g/mol. The largest absolute Gasteiger partial charge is 0.324 e. The van der Waals surface area contributed by atoms with Crippen LogP contribution in [0.4, 0.5) is 20.6 Å². The second-order valence-electron chi connectivity index (χ2n) is 6.60. The lowest BCUT2D eigenvalue weighted by Gasteiger charge is -2.24. The molecule has 1 unspecified atom stereocenters. The van der Waals surface area contributed by atoms with E-state index in [2.05, 4.69) is 10.6 Å². The van der Waals surface area contributed by atoms with Gasteiger partial charge in [0.2, 0.25) is 5.91 Å². The zero-order chi connectivity index (χ0) is 18.7. The Balaban J connectivity index is 1.66. The number of carbonyl (C=O) groups excluding carboxylic acids is 2. The smallest absolute Gasteiger partial charge is 0.322 e. The van der Waals surface area contributed by atoms with Gasteiger partial charge in [-0.1, -0.05) is 23.8 Å². The number of hydrogen-bond acceptors (Lipinski definition) is 2. The summed E-state index contributed by atoms with van der Waals surface area (Å²) in [6.45, 7) is 4.15. The van der Waals surface area contributed by atoms with Crippen LogP contribution in [0.2, 0.25) is 0 Å². The topological polar surface area (TPSA) is 61.4 Å². The second-order valence-corrected chi connectivity index (χ2v) is 6.60. The zero-order valence-electron chi connectivity index (χ0n) is 14.9. The summed E-state index contributed by atoms with van der Waals surface area (Å²) in [6.07, 6.45) is 1.34. The molecule has 1 aliphatic rings. The first-order valence-electron chi connectivity index (χ1n) is 8.65. The summed E-state index contributed by atoms with van der Waals surface area (Å²) in [5, 5.41) is 5.53. The van der Waals surface area contributed by atoms with Crippen LogP contribution in [-0.4, -0.2) is 29.4 Å². The van der Waals surface area contributed by atoms with E-state index in [0.29, 0.717) is 29.9 Å². The molecule has 136 valence electrons. The van der Waals surface area contributed by atoms with Crippen molar-refractivity contribution in [2.75, 3.05) is 17.2 Å². The van der Waals surface area contributed by atoms with E-state index in [1.807, 2.05) is 31.2 Å². The van der Waals surface area contributed by atoms with Crippen LogP contribution in [0.15, 0.2) is 42.5 Å². The molecule has 3 amide bonds. The van der Waals surface area contributed by atoms with Gasteiger partial charge in [-0.15, -0.1) is 0 Å². The fourth-order valence-electron chi connectivity index (χ4n) is 3.01. The summed E-state index contributed by atoms with van der Waals surface area (Å²) in [7, 11) is 0. The number of halogens is 1. The van der Waals surface area contributed by atoms with E-state index in [1.165, 1.54) is 11.0 Å². The van der Waals surface area contributed by atoms with Gasteiger partial charge in [0.05, 0.1) is 0 Å². The van der Waals surface area contributed by atoms with Gasteiger partial charge in [0.1, 0.15) is 11.9 Å². The number of hydrogen-bond donors (Lipinski definition) is 2. The van der Waals surface area contributed by atoms with Crippen LogP contribution < -0.4 is 10.6 Å². The number of amides is 3. The van der Waals surface area contributed by atoms with Gasteiger partial charge in [-0.05, 0) is 56.5 Å². The van der Waals surface area contributed by atoms with E-state index >= 15 is 0 Å². The van der Waals surface area contributed by atoms with E-state index in [9.17, 15) is 14.0 Å². The fourth-order valence-corrected chi connectivity index (χ4v) is 3.01. The van der Waals surface area contributed by atoms with Crippen molar-refractivity contribution in [1.29, 1.82) is 0 Å². The Labute approximate surface area is 152 Å². The molecule has 5 nitrogen and oxygen atoms in total. The molecule has 26 heavy (non-hydrogen) atoms. The van der Waals surface area contributed by atoms with Crippen LogP contribution in [0.25, 0.3) is 0 Å². The number of nitrogens with zero attached hydrogens (tertiary/aromatic N) is 1. The van der Waals surface area contributed by atoms with E-state index in [1.54, 1.807) is 19.1 Å². The Kier molecular flexibility index (Phi) is 5.21. The maximum Gasteiger partial charge on any atom is 0.322 e. The summed E-state index contributed by atoms with van der Waals surface area (Å²) < 4.78 is 13.7. The van der Waals surface area contributed by atoms with Crippen molar-refractivity contribution < 1.29 is 14.0 Å². The molecule has 2 aromatic carbocycles. The molecule has 1 aliphatic heterocycles. The molecule has 1 saturated heterocycles. The minimum atomic E-state index is -0.565. The maximum atomic E-state index is 13.7. The third-order valence-corrected chi connectivity index (χ3v) is 4.56. The molecule has 2 N–H and O–H groups in total. The molecule has 0 aliphatic carbocycles. The van der Waals surface area contributed by atoms with Crippen molar-refractivity contribution in [1.82, 2.24) is 4.90 Å². The van der Waals surface area contributed by atoms with Crippen LogP contribution in [0.3, 0.4) is 0 Å². The minimum absolute atomic E-state index is 0.301. The first-order valence-corrected chi connectivity index (χ1v) is 8.65. The Bertz CT molecular complexity index is 820. The number of aryl methyl sites for hydroxylation is 2. The van der Waals surface area contributed by atoms with Crippen LogP contribution in [0.1, 0.15) is 24.0 Å². The highest BCUT2D eigenvalue weighted by Crippen LogP contribution is 2.22. The van der Waals surface area contributed by atoms with E-state index < -0.39 is 6.04 Å². The monoisotopic (exact) mass is 355 g/mol. The van der Waals surface area contributed by atoms with Crippen molar-refractivity contribution in [3.63, 3.8) is 0 Å². The second kappa shape index (κ2) is 7.56. The number of anilines is 2. The number of urea groups is 1. The van der Waals surface area contributed by atoms with Crippen LogP contribution in [0.5, 0.6) is 0 Å². The van der Waals surface area contributed by atoms with Gasteiger partial charge in [0.25, 0.3) is 0 Å². The third kappa shape index (κ3) is 4.02. The first-order chi connectivity index (χ1) is 12.4. The highest BCUT2D eigenvalue weighted by atomic mass is 19.1. The third-order valence-electron chi connectivity index (χ3n) is 4.56. The van der Waals surface area contributed by atoms with Crippen LogP contribution >= 0.6 is 0 Å². The van der Waals surface area contributed by atoms with Gasteiger partial charge >= 0.3 is 6.03 Å². The fraction of sp³-hybridized carbons (Fsp3) is 0.300. The predicted octanol–water partition coefficient (Wildman–Crippen LogP) is 4.08. The molecule has 3 rings (SSSR count). The number of nitrogens with one attached hydrogen (secondary N) is 2. The molecule has 1 fully saturated rings. The van der Waals surface area contributed by atoms with Gasteiger partial charge in [0, 0.05) is 17.9 Å². The molecule has 0 aromatic heterocycles. The number of carbonyl (C=O) groups is 2. The van der Waals surface area contributed by atoms with Gasteiger partial charge in [-0.25, -0.2) is 9.18 Å². The predicted molar refractivity (Wildman–Crippen MR) is 99.7 cm³/mol. The van der Waals surface area contributed by atoms with Gasteiger partial charge in [0.15, 0.2) is 0 Å². The highest BCUT2D eigenvalue weighted by molar-refractivity contribution is 5.99. The average Bonchev–Trinajstić information content (AvgIpc) is 3.10. The summed E-state index contributed by atoms with van der Waals surface area (Å²) in [5.41, 5.74) is 2.70. The Morgan fingerprint density at radius 2 is 1.73 bits per heavy atom. The molecule has 0 bridgehead atoms. The Morgan fingerprint density at radius 3 is 2.42 bits per heavy atom. The molecule has 0 saturated carbocycles. The Hall–Kier alpha value is -2.89. The van der Waals surface area contributed by atoms with Crippen LogP contribution in [0, 0.1) is 19.7 Å². The highest BCUT2D eigenvalue weighted by Gasteiger charge is 2.34. The van der Waals surface area contributed by atoms with E-state index in [-0.39, 0.29) is 17.8 Å². The SMILES string of the molecule is Cc1ccc(NC(=O)N2CCCC2C(=O)Nc2ccc(C)c(F)c2)cc1. The molecule has 0 spiro atoms. The number of benzene rings is 2. The molecule has 1 atom stereocenters. The summed E-state index contributed by atoms with van der Waals surface area (Å²) >= 11 is 0. The summed E-state index contributed by atoms with van der Waals surface area (Å²) in [4.78, 5) is 26.6. The molecular formula is C20H22FN3O2. The van der Waals surface area contributed by atoms with Crippen molar-refractivity contribution in [2.45, 2.75) is 32.7 Å². The lowest BCUT2D eigenvalue weighted by molar-refractivity contribution is -0.119. The van der Waals surface area contributed by atoms with Crippen LogP contribution in [-0.2, 0) is 4.79 Å².